The maximum absolute atomic E-state index is 12.4. The molecule has 0 aliphatic carbocycles. The second kappa shape index (κ2) is 4.69. The van der Waals surface area contributed by atoms with E-state index in [0.29, 0.717) is 12.2 Å². The van der Waals surface area contributed by atoms with Crippen LogP contribution in [0, 0.1) is 5.41 Å². The molecule has 0 bridgehead atoms. The number of nitrogens with zero attached hydrogens (tertiary/aromatic N) is 3. The molecule has 1 unspecified atom stereocenters. The number of hydrogen-bond acceptors (Lipinski definition) is 5. The highest BCUT2D eigenvalue weighted by molar-refractivity contribution is 6.11. The lowest BCUT2D eigenvalue weighted by Crippen LogP contribution is -2.36. The van der Waals surface area contributed by atoms with Gasteiger partial charge in [-0.2, -0.15) is 5.10 Å². The van der Waals surface area contributed by atoms with E-state index in [9.17, 15) is 4.79 Å². The number of carbonyl (C=O) groups excluding carboxylic acids is 1. The van der Waals surface area contributed by atoms with Crippen molar-refractivity contribution in [2.75, 3.05) is 6.54 Å². The predicted octanol–water partition coefficient (Wildman–Crippen LogP) is 0.836. The Bertz CT molecular complexity index is 492. The van der Waals surface area contributed by atoms with Gasteiger partial charge in [-0.3, -0.25) is 14.8 Å². The van der Waals surface area contributed by atoms with E-state index in [1.54, 1.807) is 42.8 Å². The molecule has 0 spiro atoms. The van der Waals surface area contributed by atoms with Crippen molar-refractivity contribution < 1.29 is 4.79 Å². The number of ketones is 1. The third-order valence-corrected chi connectivity index (χ3v) is 2.56. The molecular weight excluding hydrogens is 216 g/mol. The topological polar surface area (TPSA) is 80.7 Å². The van der Waals surface area contributed by atoms with E-state index in [1.165, 1.54) is 6.21 Å². The lowest BCUT2D eigenvalue weighted by molar-refractivity contribution is 0.0912. The van der Waals surface area contributed by atoms with Crippen molar-refractivity contribution in [3.05, 3.63) is 42.2 Å². The number of nitrogens with two attached hydrogens (primary N) is 1. The van der Waals surface area contributed by atoms with Gasteiger partial charge in [-0.1, -0.05) is 12.1 Å². The zero-order valence-electron chi connectivity index (χ0n) is 9.15. The minimum atomic E-state index is -0.905. The van der Waals surface area contributed by atoms with E-state index in [-0.39, 0.29) is 5.78 Å². The lowest BCUT2D eigenvalue weighted by Gasteiger charge is -2.23. The first-order chi connectivity index (χ1) is 8.28. The average molecular weight is 228 g/mol. The van der Waals surface area contributed by atoms with E-state index >= 15 is 0 Å². The Kier molecular flexibility index (Phi) is 3.09. The number of hydrogen-bond donors (Lipinski definition) is 1. The first-order valence-corrected chi connectivity index (χ1v) is 5.16. The molecular formula is C12H12N4O. The molecule has 0 fully saturated rings. The van der Waals surface area contributed by atoms with Crippen LogP contribution >= 0.6 is 0 Å². The third kappa shape index (κ3) is 2.13. The molecule has 0 amide bonds. The molecule has 2 rings (SSSR count). The summed E-state index contributed by atoms with van der Waals surface area (Å²) >= 11 is 0. The average Bonchev–Trinajstić information content (AvgIpc) is 2.40. The van der Waals surface area contributed by atoms with Crippen LogP contribution in [0.4, 0.5) is 0 Å². The van der Waals surface area contributed by atoms with Crippen LogP contribution in [0.25, 0.3) is 0 Å². The summed E-state index contributed by atoms with van der Waals surface area (Å²) in [5.41, 5.74) is -0.521. The predicted molar refractivity (Wildman–Crippen MR) is 66.2 cm³/mol. The summed E-state index contributed by atoms with van der Waals surface area (Å²) in [5.74, 6) is 5.02. The van der Waals surface area contributed by atoms with Gasteiger partial charge in [0.05, 0.1) is 6.54 Å². The van der Waals surface area contributed by atoms with Crippen molar-refractivity contribution in [3.63, 3.8) is 0 Å². The maximum atomic E-state index is 12.4. The minimum Gasteiger partial charge on any atom is -0.324 e. The second-order valence-electron chi connectivity index (χ2n) is 3.71. The highest BCUT2D eigenvalue weighted by atomic mass is 16.1. The highest BCUT2D eigenvalue weighted by Gasteiger charge is 2.36. The Morgan fingerprint density at radius 1 is 1.53 bits per heavy atom. The number of rotatable bonds is 3. The Hall–Kier alpha value is -2.30. The number of allylic oxidation sites excluding steroid dienone is 1. The number of aliphatic imine (C=N–C) groups is 1. The summed E-state index contributed by atoms with van der Waals surface area (Å²) in [5, 5.41) is 3.48. The number of Topliss-reactive ketones (excluding diaryl/α,β-unsaturated/α-hetero) is 1. The number of carbonyl (C=O) groups is 1. The smallest absolute Gasteiger partial charge is 0.198 e. The first-order valence-electron chi connectivity index (χ1n) is 5.16. The molecule has 0 radical (unpaired) electrons. The normalized spacial score (nSPS) is 23.1. The second-order valence-corrected chi connectivity index (χ2v) is 3.71. The fourth-order valence-corrected chi connectivity index (χ4v) is 1.69. The van der Waals surface area contributed by atoms with E-state index in [4.69, 9.17) is 5.84 Å². The number of dihydropyridines is 1. The van der Waals surface area contributed by atoms with Gasteiger partial charge in [0.25, 0.3) is 0 Å². The Morgan fingerprint density at radius 2 is 2.41 bits per heavy atom. The van der Waals surface area contributed by atoms with Gasteiger partial charge in [-0.05, 0) is 18.2 Å². The van der Waals surface area contributed by atoms with Crippen LogP contribution < -0.4 is 5.84 Å². The first kappa shape index (κ1) is 11.2. The van der Waals surface area contributed by atoms with E-state index in [0.717, 1.165) is 0 Å². The molecule has 1 aromatic heterocycles. The number of hydrazone groups is 1. The largest absolute Gasteiger partial charge is 0.324 e. The molecule has 17 heavy (non-hydrogen) atoms. The molecule has 1 aliphatic heterocycles. The number of pyridine rings is 1. The van der Waals surface area contributed by atoms with Crippen molar-refractivity contribution in [3.8, 4) is 0 Å². The highest BCUT2D eigenvalue weighted by Crippen LogP contribution is 2.24. The van der Waals surface area contributed by atoms with Crippen LogP contribution in [-0.4, -0.2) is 29.7 Å². The van der Waals surface area contributed by atoms with Gasteiger partial charge < -0.3 is 5.84 Å². The molecule has 1 aliphatic rings. The monoisotopic (exact) mass is 228 g/mol. The van der Waals surface area contributed by atoms with Crippen molar-refractivity contribution in [2.45, 2.75) is 0 Å². The Morgan fingerprint density at radius 3 is 3.00 bits per heavy atom. The summed E-state index contributed by atoms with van der Waals surface area (Å²) in [7, 11) is 0. The van der Waals surface area contributed by atoms with Crippen LogP contribution in [0.15, 0.2) is 46.6 Å². The summed E-state index contributed by atoms with van der Waals surface area (Å²) in [6.07, 6.45) is 8.10. The van der Waals surface area contributed by atoms with Gasteiger partial charge >= 0.3 is 0 Å². The fraction of sp³-hybridized carbons (Fsp3) is 0.167. The summed E-state index contributed by atoms with van der Waals surface area (Å²) < 4.78 is 0. The lowest BCUT2D eigenvalue weighted by atomic mass is 9.81. The van der Waals surface area contributed by atoms with Gasteiger partial charge in [0.2, 0.25) is 0 Å². The van der Waals surface area contributed by atoms with Crippen LogP contribution in [-0.2, 0) is 0 Å². The van der Waals surface area contributed by atoms with E-state index < -0.39 is 5.41 Å². The van der Waals surface area contributed by atoms with Gasteiger partial charge in [-0.15, -0.1) is 0 Å². The van der Waals surface area contributed by atoms with Crippen molar-refractivity contribution in [2.24, 2.45) is 21.4 Å². The van der Waals surface area contributed by atoms with Crippen LogP contribution in [0.2, 0.25) is 0 Å². The zero-order valence-corrected chi connectivity index (χ0v) is 9.15. The molecule has 5 nitrogen and oxygen atoms in total. The fourth-order valence-electron chi connectivity index (χ4n) is 1.69. The Labute approximate surface area is 98.8 Å². The molecule has 0 saturated carbocycles. The molecule has 0 aromatic carbocycles. The maximum Gasteiger partial charge on any atom is 0.198 e. The molecule has 1 atom stereocenters. The molecule has 2 heterocycles. The SMILES string of the molecule is NN=CC1(C(=O)c2ccccn2)C=CC=NC1. The van der Waals surface area contributed by atoms with Crippen LogP contribution in [0.3, 0.4) is 0 Å². The van der Waals surface area contributed by atoms with Gasteiger partial charge in [0.1, 0.15) is 11.1 Å². The third-order valence-electron chi connectivity index (χ3n) is 2.56. The molecule has 2 N–H and O–H groups in total. The van der Waals surface area contributed by atoms with Gasteiger partial charge in [0, 0.05) is 18.6 Å². The summed E-state index contributed by atoms with van der Waals surface area (Å²) in [6.45, 7) is 0.305. The molecule has 5 heteroatoms. The van der Waals surface area contributed by atoms with E-state index in [2.05, 4.69) is 15.1 Å². The van der Waals surface area contributed by atoms with Crippen LogP contribution in [0.1, 0.15) is 10.5 Å². The van der Waals surface area contributed by atoms with Crippen molar-refractivity contribution in [1.29, 1.82) is 0 Å². The van der Waals surface area contributed by atoms with Crippen molar-refractivity contribution in [1.82, 2.24) is 4.98 Å². The quantitative estimate of drug-likeness (QED) is 0.360. The zero-order chi connectivity index (χ0) is 12.1. The minimum absolute atomic E-state index is 0.152. The molecule has 86 valence electrons. The van der Waals surface area contributed by atoms with Crippen LogP contribution in [0.5, 0.6) is 0 Å². The summed E-state index contributed by atoms with van der Waals surface area (Å²) in [4.78, 5) is 20.5. The van der Waals surface area contributed by atoms with Crippen molar-refractivity contribution >= 4 is 18.2 Å². The number of aromatic nitrogens is 1. The van der Waals surface area contributed by atoms with Gasteiger partial charge in [0.15, 0.2) is 5.78 Å². The molecule has 0 saturated heterocycles. The Balaban J connectivity index is 2.39. The summed E-state index contributed by atoms with van der Waals surface area (Å²) in [6, 6.07) is 5.19. The molecule has 1 aromatic rings. The van der Waals surface area contributed by atoms with Gasteiger partial charge in [-0.25, -0.2) is 0 Å². The standard InChI is InChI=1S/C12H12N4O/c13-16-9-12(5-3-6-14-8-12)11(17)10-4-1-2-7-15-10/h1-7,9H,8,13H2. The van der Waals surface area contributed by atoms with E-state index in [1.807, 2.05) is 0 Å².